The minimum atomic E-state index is -0.0582. The van der Waals surface area contributed by atoms with Gasteiger partial charge in [0.25, 0.3) is 0 Å². The Labute approximate surface area is 132 Å². The number of hydrogen-bond acceptors (Lipinski definition) is 2. The predicted octanol–water partition coefficient (Wildman–Crippen LogP) is 5.26. The molecule has 0 bridgehead atoms. The Hall–Kier alpha value is -0.0900. The molecule has 1 N–H and O–H groups in total. The van der Waals surface area contributed by atoms with Crippen LogP contribution in [0.1, 0.15) is 25.7 Å². The molecule has 0 aromatic heterocycles. The van der Waals surface area contributed by atoms with Crippen LogP contribution in [0.15, 0.2) is 12.1 Å². The van der Waals surface area contributed by atoms with E-state index in [0.717, 1.165) is 0 Å². The van der Waals surface area contributed by atoms with Crippen molar-refractivity contribution in [1.29, 1.82) is 0 Å². The van der Waals surface area contributed by atoms with Crippen LogP contribution < -0.4 is 5.32 Å². The van der Waals surface area contributed by atoms with Crippen molar-refractivity contribution < 1.29 is 4.79 Å². The average Bonchev–Trinajstić information content (AvgIpc) is 2.86. The van der Waals surface area contributed by atoms with Crippen LogP contribution in [0.25, 0.3) is 0 Å². The molecule has 0 heterocycles. The van der Waals surface area contributed by atoms with Crippen LogP contribution in [0.2, 0.25) is 15.1 Å². The van der Waals surface area contributed by atoms with Crippen molar-refractivity contribution in [3.63, 3.8) is 0 Å². The third kappa shape index (κ3) is 4.45. The molecule has 0 atom stereocenters. The van der Waals surface area contributed by atoms with Crippen LogP contribution in [-0.4, -0.2) is 16.9 Å². The third-order valence-corrected chi connectivity index (χ3v) is 5.44. The summed E-state index contributed by atoms with van der Waals surface area (Å²) >= 11 is 19.5. The average molecular weight is 339 g/mol. The minimum Gasteiger partial charge on any atom is -0.324 e. The first-order valence-corrected chi connectivity index (χ1v) is 8.30. The highest BCUT2D eigenvalue weighted by Gasteiger charge is 2.17. The van der Waals surface area contributed by atoms with Crippen molar-refractivity contribution in [2.24, 2.45) is 0 Å². The number of nitrogens with one attached hydrogen (secondary N) is 1. The standard InChI is InChI=1S/C13H14Cl3NOS/c14-9-5-11(16)12(6-10(9)15)17-13(18)7-19-8-3-1-2-4-8/h5-6,8H,1-4,7H2,(H,17,18). The van der Waals surface area contributed by atoms with Crippen LogP contribution in [0.5, 0.6) is 0 Å². The molecule has 0 aliphatic heterocycles. The molecule has 0 unspecified atom stereocenters. The number of amides is 1. The van der Waals surface area contributed by atoms with Gasteiger partial charge in [-0.25, -0.2) is 0 Å². The zero-order valence-electron chi connectivity index (χ0n) is 10.2. The fourth-order valence-electron chi connectivity index (χ4n) is 2.05. The van der Waals surface area contributed by atoms with E-state index in [0.29, 0.717) is 31.8 Å². The number of halogens is 3. The molecule has 19 heavy (non-hydrogen) atoms. The van der Waals surface area contributed by atoms with Gasteiger partial charge in [-0.15, -0.1) is 11.8 Å². The zero-order valence-corrected chi connectivity index (χ0v) is 13.3. The molecular weight excluding hydrogens is 325 g/mol. The molecule has 1 aromatic rings. The number of rotatable bonds is 4. The minimum absolute atomic E-state index is 0.0582. The van der Waals surface area contributed by atoms with Crippen molar-refractivity contribution in [3.05, 3.63) is 27.2 Å². The van der Waals surface area contributed by atoms with Crippen molar-refractivity contribution in [3.8, 4) is 0 Å². The summed E-state index contributed by atoms with van der Waals surface area (Å²) in [7, 11) is 0. The summed E-state index contributed by atoms with van der Waals surface area (Å²) in [5, 5.41) is 4.54. The second kappa shape index (κ2) is 7.07. The summed E-state index contributed by atoms with van der Waals surface area (Å²) < 4.78 is 0. The molecule has 1 saturated carbocycles. The maximum Gasteiger partial charge on any atom is 0.234 e. The van der Waals surface area contributed by atoms with Crippen molar-refractivity contribution >= 4 is 58.2 Å². The van der Waals surface area contributed by atoms with Gasteiger partial charge in [-0.2, -0.15) is 0 Å². The molecule has 1 aromatic carbocycles. The number of anilines is 1. The molecule has 0 radical (unpaired) electrons. The quantitative estimate of drug-likeness (QED) is 0.759. The Kier molecular flexibility index (Phi) is 5.70. The van der Waals surface area contributed by atoms with E-state index in [1.165, 1.54) is 31.7 Å². The van der Waals surface area contributed by atoms with Crippen LogP contribution in [-0.2, 0) is 4.79 Å². The monoisotopic (exact) mass is 337 g/mol. The number of benzene rings is 1. The number of carbonyl (C=O) groups excluding carboxylic acids is 1. The second-order valence-corrected chi connectivity index (χ2v) is 7.02. The van der Waals surface area contributed by atoms with Crippen LogP contribution in [0, 0.1) is 0 Å². The van der Waals surface area contributed by atoms with E-state index in [2.05, 4.69) is 5.32 Å². The smallest absolute Gasteiger partial charge is 0.234 e. The van der Waals surface area contributed by atoms with Gasteiger partial charge in [-0.05, 0) is 25.0 Å². The van der Waals surface area contributed by atoms with Gasteiger partial charge in [-0.1, -0.05) is 47.6 Å². The van der Waals surface area contributed by atoms with Crippen molar-refractivity contribution in [2.75, 3.05) is 11.1 Å². The van der Waals surface area contributed by atoms with Crippen LogP contribution >= 0.6 is 46.6 Å². The molecule has 1 fully saturated rings. The summed E-state index contributed by atoms with van der Waals surface area (Å²) in [6.07, 6.45) is 4.98. The van der Waals surface area contributed by atoms with E-state index in [-0.39, 0.29) is 5.91 Å². The van der Waals surface area contributed by atoms with Crippen molar-refractivity contribution in [2.45, 2.75) is 30.9 Å². The van der Waals surface area contributed by atoms with E-state index in [1.807, 2.05) is 0 Å². The molecule has 1 amide bonds. The molecular formula is C13H14Cl3NOS. The summed E-state index contributed by atoms with van der Waals surface area (Å²) in [6, 6.07) is 3.11. The third-order valence-electron chi connectivity index (χ3n) is 3.04. The summed E-state index contributed by atoms with van der Waals surface area (Å²) in [4.78, 5) is 11.9. The van der Waals surface area contributed by atoms with Gasteiger partial charge < -0.3 is 5.32 Å². The molecule has 6 heteroatoms. The van der Waals surface area contributed by atoms with E-state index < -0.39 is 0 Å². The SMILES string of the molecule is O=C(CSC1CCCC1)Nc1cc(Cl)c(Cl)cc1Cl. The van der Waals surface area contributed by atoms with Gasteiger partial charge >= 0.3 is 0 Å². The Balaban J connectivity index is 1.89. The lowest BCUT2D eigenvalue weighted by Gasteiger charge is -2.11. The highest BCUT2D eigenvalue weighted by Crippen LogP contribution is 2.33. The first kappa shape index (κ1) is 15.3. The normalized spacial score (nSPS) is 15.7. The Morgan fingerprint density at radius 2 is 1.79 bits per heavy atom. The summed E-state index contributed by atoms with van der Waals surface area (Å²) in [5.41, 5.74) is 0.507. The lowest BCUT2D eigenvalue weighted by Crippen LogP contribution is -2.16. The number of thioether (sulfide) groups is 1. The van der Waals surface area contributed by atoms with Gasteiger partial charge in [-0.3, -0.25) is 4.79 Å². The summed E-state index contributed by atoms with van der Waals surface area (Å²) in [5.74, 6) is 0.388. The maximum atomic E-state index is 11.9. The van der Waals surface area contributed by atoms with Crippen LogP contribution in [0.3, 0.4) is 0 Å². The van der Waals surface area contributed by atoms with Gasteiger partial charge in [0.15, 0.2) is 0 Å². The van der Waals surface area contributed by atoms with E-state index in [9.17, 15) is 4.79 Å². The van der Waals surface area contributed by atoms with Gasteiger partial charge in [0.1, 0.15) is 0 Å². The molecule has 2 nitrogen and oxygen atoms in total. The Morgan fingerprint density at radius 3 is 2.47 bits per heavy atom. The summed E-state index contributed by atoms with van der Waals surface area (Å²) in [6.45, 7) is 0. The first-order chi connectivity index (χ1) is 9.06. The Morgan fingerprint density at radius 1 is 1.16 bits per heavy atom. The molecule has 2 rings (SSSR count). The van der Waals surface area contributed by atoms with E-state index in [4.69, 9.17) is 34.8 Å². The molecule has 104 valence electrons. The molecule has 0 spiro atoms. The number of hydrogen-bond donors (Lipinski definition) is 1. The highest BCUT2D eigenvalue weighted by molar-refractivity contribution is 8.00. The fraction of sp³-hybridized carbons (Fsp3) is 0.462. The van der Waals surface area contributed by atoms with Gasteiger partial charge in [0.05, 0.1) is 26.5 Å². The first-order valence-electron chi connectivity index (χ1n) is 6.12. The van der Waals surface area contributed by atoms with E-state index >= 15 is 0 Å². The number of carbonyl (C=O) groups is 1. The molecule has 1 aliphatic carbocycles. The van der Waals surface area contributed by atoms with Gasteiger partial charge in [0, 0.05) is 5.25 Å². The molecule has 0 saturated heterocycles. The highest BCUT2D eigenvalue weighted by atomic mass is 35.5. The van der Waals surface area contributed by atoms with Crippen LogP contribution in [0.4, 0.5) is 5.69 Å². The Bertz CT molecular complexity index is 475. The fourth-order valence-corrected chi connectivity index (χ4v) is 3.77. The lowest BCUT2D eigenvalue weighted by molar-refractivity contribution is -0.113. The second-order valence-electron chi connectivity index (χ2n) is 4.51. The van der Waals surface area contributed by atoms with Crippen molar-refractivity contribution in [1.82, 2.24) is 0 Å². The zero-order chi connectivity index (χ0) is 13.8. The topological polar surface area (TPSA) is 29.1 Å². The maximum absolute atomic E-state index is 11.9. The largest absolute Gasteiger partial charge is 0.324 e. The predicted molar refractivity (Wildman–Crippen MR) is 84.8 cm³/mol. The van der Waals surface area contributed by atoms with E-state index in [1.54, 1.807) is 17.8 Å². The molecule has 1 aliphatic rings. The lowest BCUT2D eigenvalue weighted by atomic mass is 10.3. The van der Waals surface area contributed by atoms with Gasteiger partial charge in [0.2, 0.25) is 5.91 Å².